The predicted octanol–water partition coefficient (Wildman–Crippen LogP) is 0.518. The van der Waals surface area contributed by atoms with Crippen molar-refractivity contribution >= 4 is 28.8 Å². The molecule has 1 aliphatic heterocycles. The van der Waals surface area contributed by atoms with Gasteiger partial charge in [0, 0.05) is 0 Å². The molecule has 6 nitrogen and oxygen atoms in total. The van der Waals surface area contributed by atoms with Crippen LogP contribution in [0.1, 0.15) is 19.3 Å². The number of hydrazine groups is 1. The summed E-state index contributed by atoms with van der Waals surface area (Å²) >= 11 is 1.20. The third-order valence-corrected chi connectivity index (χ3v) is 4.82. The van der Waals surface area contributed by atoms with Crippen LogP contribution in [0, 0.1) is 11.8 Å². The number of amides is 1. The number of carboxylic acid groups (broad SMARTS) is 1. The van der Waals surface area contributed by atoms with Gasteiger partial charge in [-0.3, -0.25) is 25.4 Å². The summed E-state index contributed by atoms with van der Waals surface area (Å²) < 4.78 is 0. The van der Waals surface area contributed by atoms with Crippen molar-refractivity contribution in [2.45, 2.75) is 30.6 Å². The van der Waals surface area contributed by atoms with Crippen LogP contribution in [-0.4, -0.2) is 33.4 Å². The van der Waals surface area contributed by atoms with E-state index in [9.17, 15) is 9.59 Å². The summed E-state index contributed by atoms with van der Waals surface area (Å²) in [5, 5.41) is 8.79. The predicted molar refractivity (Wildman–Crippen MR) is 71.5 cm³/mol. The van der Waals surface area contributed by atoms with Gasteiger partial charge in [-0.2, -0.15) is 0 Å². The van der Waals surface area contributed by atoms with Crippen LogP contribution in [0.3, 0.4) is 0 Å². The highest BCUT2D eigenvalue weighted by molar-refractivity contribution is 8.15. The monoisotopic (exact) mass is 281 g/mol. The molecule has 2 fully saturated rings. The molecule has 0 radical (unpaired) electrons. The number of carbonyl (C=O) groups excluding carboxylic acids is 1. The van der Waals surface area contributed by atoms with Gasteiger partial charge in [0.2, 0.25) is 0 Å². The molecular formula is C12H15N3O3S. The highest BCUT2D eigenvalue weighted by Crippen LogP contribution is 2.41. The molecule has 1 saturated heterocycles. The molecule has 1 heterocycles. The summed E-state index contributed by atoms with van der Waals surface area (Å²) in [4.78, 5) is 26.8. The number of carbonyl (C=O) groups is 2. The maximum absolute atomic E-state index is 11.5. The van der Waals surface area contributed by atoms with Gasteiger partial charge in [0.25, 0.3) is 5.91 Å². The zero-order chi connectivity index (χ0) is 13.4. The van der Waals surface area contributed by atoms with Crippen molar-refractivity contribution in [3.05, 3.63) is 12.2 Å². The fraction of sp³-hybridized carbons (Fsp3) is 0.583. The molecule has 3 rings (SSSR count). The number of rotatable bonds is 3. The summed E-state index contributed by atoms with van der Waals surface area (Å²) in [6.07, 6.45) is 6.48. The first-order valence-electron chi connectivity index (χ1n) is 6.32. The third-order valence-electron chi connectivity index (χ3n) is 3.73. The number of aliphatic imine (C=N–C) groups is 1. The Hall–Kier alpha value is -1.50. The first kappa shape index (κ1) is 12.5. The molecule has 1 saturated carbocycles. The average molecular weight is 281 g/mol. The minimum Gasteiger partial charge on any atom is -0.481 e. The van der Waals surface area contributed by atoms with Crippen molar-refractivity contribution in [2.75, 3.05) is 0 Å². The Morgan fingerprint density at radius 1 is 1.42 bits per heavy atom. The van der Waals surface area contributed by atoms with Crippen LogP contribution in [0.2, 0.25) is 0 Å². The minimum absolute atomic E-state index is 0.187. The molecule has 3 N–H and O–H groups in total. The van der Waals surface area contributed by atoms with Crippen molar-refractivity contribution in [3.63, 3.8) is 0 Å². The van der Waals surface area contributed by atoms with E-state index >= 15 is 0 Å². The van der Waals surface area contributed by atoms with Gasteiger partial charge in [0.1, 0.15) is 5.25 Å². The van der Waals surface area contributed by atoms with Gasteiger partial charge in [0.05, 0.1) is 12.5 Å². The molecular weight excluding hydrogens is 266 g/mol. The molecule has 0 spiro atoms. The van der Waals surface area contributed by atoms with E-state index in [0.29, 0.717) is 17.0 Å². The van der Waals surface area contributed by atoms with Crippen LogP contribution in [0.15, 0.2) is 17.1 Å². The second kappa shape index (κ2) is 4.88. The highest BCUT2D eigenvalue weighted by Gasteiger charge is 2.37. The highest BCUT2D eigenvalue weighted by atomic mass is 32.2. The van der Waals surface area contributed by atoms with E-state index in [1.807, 2.05) is 0 Å². The van der Waals surface area contributed by atoms with E-state index < -0.39 is 11.2 Å². The number of allylic oxidation sites excluding steroid dienone is 1. The number of thioether (sulfide) groups is 1. The quantitative estimate of drug-likeness (QED) is 0.656. The topological polar surface area (TPSA) is 90.8 Å². The number of nitrogens with zero attached hydrogens (tertiary/aromatic N) is 1. The molecule has 2 bridgehead atoms. The molecule has 4 unspecified atom stereocenters. The van der Waals surface area contributed by atoms with E-state index in [2.05, 4.69) is 28.0 Å². The number of carboxylic acids is 1. The number of amidine groups is 1. The second-order valence-corrected chi connectivity index (χ2v) is 6.29. The summed E-state index contributed by atoms with van der Waals surface area (Å²) in [6.45, 7) is 0. The maximum atomic E-state index is 11.5. The number of hydrogen-bond acceptors (Lipinski definition) is 4. The van der Waals surface area contributed by atoms with Gasteiger partial charge in [0.15, 0.2) is 5.17 Å². The molecule has 19 heavy (non-hydrogen) atoms. The summed E-state index contributed by atoms with van der Waals surface area (Å²) in [7, 11) is 0. The van der Waals surface area contributed by atoms with Crippen LogP contribution in [0.5, 0.6) is 0 Å². The first-order chi connectivity index (χ1) is 9.11. The van der Waals surface area contributed by atoms with Gasteiger partial charge in [-0.15, -0.1) is 0 Å². The number of hydrogen-bond donors (Lipinski definition) is 3. The largest absolute Gasteiger partial charge is 0.481 e. The van der Waals surface area contributed by atoms with Gasteiger partial charge >= 0.3 is 5.97 Å². The summed E-state index contributed by atoms with van der Waals surface area (Å²) in [5.41, 5.74) is 5.24. The van der Waals surface area contributed by atoms with Crippen LogP contribution < -0.4 is 10.9 Å². The molecule has 1 amide bonds. The standard InChI is InChI=1S/C12H15N3O3S/c16-10(17)5-9-11(18)14-15-12(19-9)13-8-4-6-1-2-7(8)3-6/h1-2,6-9H,3-5H2,(H,13,15)(H,14,18)(H,16,17). The van der Waals surface area contributed by atoms with E-state index in [-0.39, 0.29) is 18.4 Å². The minimum atomic E-state index is -0.975. The molecule has 3 aliphatic rings. The average Bonchev–Trinajstić information content (AvgIpc) is 2.95. The van der Waals surface area contributed by atoms with Crippen molar-refractivity contribution in [1.82, 2.24) is 10.9 Å². The van der Waals surface area contributed by atoms with E-state index in [4.69, 9.17) is 5.11 Å². The molecule has 7 heteroatoms. The van der Waals surface area contributed by atoms with E-state index in [0.717, 1.165) is 12.8 Å². The summed E-state index contributed by atoms with van der Waals surface area (Å²) in [5.74, 6) is -0.149. The molecule has 102 valence electrons. The Balaban J connectivity index is 1.66. The number of nitrogens with one attached hydrogen (secondary N) is 2. The Bertz CT molecular complexity index is 477. The van der Waals surface area contributed by atoms with Gasteiger partial charge in [-0.05, 0) is 24.7 Å². The number of fused-ring (bicyclic) bond motifs is 2. The summed E-state index contributed by atoms with van der Waals surface area (Å²) in [6, 6.07) is 0.255. The van der Waals surface area contributed by atoms with Crippen molar-refractivity contribution in [2.24, 2.45) is 16.8 Å². The van der Waals surface area contributed by atoms with Gasteiger partial charge in [-0.1, -0.05) is 23.9 Å². The third kappa shape index (κ3) is 2.60. The van der Waals surface area contributed by atoms with Crippen molar-refractivity contribution in [1.29, 1.82) is 0 Å². The normalized spacial score (nSPS) is 38.3. The fourth-order valence-corrected chi connectivity index (χ4v) is 3.79. The lowest BCUT2D eigenvalue weighted by Gasteiger charge is -2.24. The zero-order valence-corrected chi connectivity index (χ0v) is 11.0. The lowest BCUT2D eigenvalue weighted by atomic mass is 10.0. The molecule has 0 aromatic rings. The van der Waals surface area contributed by atoms with Crippen LogP contribution in [-0.2, 0) is 9.59 Å². The Labute approximate surface area is 114 Å². The fourth-order valence-electron chi connectivity index (χ4n) is 2.82. The molecule has 0 aromatic heterocycles. The number of aliphatic carboxylic acids is 1. The smallest absolute Gasteiger partial charge is 0.305 e. The van der Waals surface area contributed by atoms with Crippen molar-refractivity contribution in [3.8, 4) is 0 Å². The zero-order valence-electron chi connectivity index (χ0n) is 10.2. The molecule has 2 aliphatic carbocycles. The van der Waals surface area contributed by atoms with E-state index in [1.165, 1.54) is 11.8 Å². The van der Waals surface area contributed by atoms with Gasteiger partial charge < -0.3 is 5.11 Å². The van der Waals surface area contributed by atoms with Crippen LogP contribution in [0.4, 0.5) is 0 Å². The molecule has 4 atom stereocenters. The molecule has 0 aromatic carbocycles. The lowest BCUT2D eigenvalue weighted by molar-refractivity contribution is -0.138. The second-order valence-electron chi connectivity index (χ2n) is 5.10. The van der Waals surface area contributed by atoms with Crippen LogP contribution in [0.25, 0.3) is 0 Å². The van der Waals surface area contributed by atoms with E-state index in [1.54, 1.807) is 0 Å². The SMILES string of the molecule is O=C(O)CC1SC(=NC2CC3C=CC2C3)NNC1=O. The van der Waals surface area contributed by atoms with Gasteiger partial charge in [-0.25, -0.2) is 0 Å². The Kier molecular flexibility index (Phi) is 3.22. The Morgan fingerprint density at radius 3 is 2.89 bits per heavy atom. The Morgan fingerprint density at radius 2 is 2.26 bits per heavy atom. The lowest BCUT2D eigenvalue weighted by Crippen LogP contribution is -2.51. The first-order valence-corrected chi connectivity index (χ1v) is 7.20. The van der Waals surface area contributed by atoms with Crippen molar-refractivity contribution < 1.29 is 14.7 Å². The maximum Gasteiger partial charge on any atom is 0.305 e. The van der Waals surface area contributed by atoms with Crippen LogP contribution >= 0.6 is 11.8 Å².